The molecule has 0 fully saturated rings. The van der Waals surface area contributed by atoms with Gasteiger partial charge in [0.15, 0.2) is 11.5 Å². The van der Waals surface area contributed by atoms with Gasteiger partial charge in [0.25, 0.3) is 5.91 Å². The number of rotatable bonds is 8. The van der Waals surface area contributed by atoms with E-state index in [1.54, 1.807) is 42.5 Å². The number of methoxy groups -OCH3 is 1. The maximum Gasteiger partial charge on any atom is 0.336 e. The summed E-state index contributed by atoms with van der Waals surface area (Å²) in [4.78, 5) is 24.6. The molecule has 7 heteroatoms. The molecule has 0 spiro atoms. The number of nitrogens with one attached hydrogen (secondary N) is 1. The van der Waals surface area contributed by atoms with Crippen molar-refractivity contribution in [2.45, 2.75) is 6.54 Å². The molecule has 0 aliphatic rings. The predicted molar refractivity (Wildman–Crippen MR) is 131 cm³/mol. The van der Waals surface area contributed by atoms with Crippen LogP contribution in [0.25, 0.3) is 12.2 Å². The number of halogens is 1. The number of esters is 1. The van der Waals surface area contributed by atoms with Gasteiger partial charge in [0, 0.05) is 17.6 Å². The maximum atomic E-state index is 12.4. The van der Waals surface area contributed by atoms with Gasteiger partial charge in [0.05, 0.1) is 7.11 Å². The van der Waals surface area contributed by atoms with Gasteiger partial charge in [-0.05, 0) is 53.1 Å². The van der Waals surface area contributed by atoms with Gasteiger partial charge in [0.1, 0.15) is 11.6 Å². The second-order valence-corrected chi connectivity index (χ2v) is 7.49. The molecular weight excluding hydrogens is 452 g/mol. The standard InChI is InChI=1S/C27H21ClN2O4/c1-33-25-16-21(15-22(17-29)27(32)30-18-20-5-3-2-4-6-20)9-13-24(25)34-26(31)14-10-19-7-11-23(28)12-8-19/h2-16H,18H2,1H3,(H,30,32). The van der Waals surface area contributed by atoms with Crippen molar-refractivity contribution >= 4 is 35.6 Å². The molecule has 0 aliphatic carbocycles. The van der Waals surface area contributed by atoms with Crippen LogP contribution >= 0.6 is 11.6 Å². The molecule has 6 nitrogen and oxygen atoms in total. The van der Waals surface area contributed by atoms with Gasteiger partial charge < -0.3 is 14.8 Å². The first-order valence-corrected chi connectivity index (χ1v) is 10.6. The highest BCUT2D eigenvalue weighted by Gasteiger charge is 2.12. The molecule has 170 valence electrons. The highest BCUT2D eigenvalue weighted by Crippen LogP contribution is 2.29. The third-order valence-corrected chi connectivity index (χ3v) is 4.90. The van der Waals surface area contributed by atoms with E-state index < -0.39 is 11.9 Å². The first kappa shape index (κ1) is 24.3. The maximum absolute atomic E-state index is 12.4. The van der Waals surface area contributed by atoms with E-state index in [4.69, 9.17) is 21.1 Å². The zero-order valence-electron chi connectivity index (χ0n) is 18.3. The van der Waals surface area contributed by atoms with Crippen LogP contribution in [0.4, 0.5) is 0 Å². The van der Waals surface area contributed by atoms with E-state index in [-0.39, 0.29) is 17.1 Å². The summed E-state index contributed by atoms with van der Waals surface area (Å²) in [5.41, 5.74) is 2.20. The summed E-state index contributed by atoms with van der Waals surface area (Å²) in [6.45, 7) is 0.306. The van der Waals surface area contributed by atoms with Crippen LogP contribution in [0, 0.1) is 11.3 Å². The second kappa shape index (κ2) is 12.0. The van der Waals surface area contributed by atoms with Crippen LogP contribution in [-0.4, -0.2) is 19.0 Å². The van der Waals surface area contributed by atoms with Crippen LogP contribution in [0.5, 0.6) is 11.5 Å². The van der Waals surface area contributed by atoms with Gasteiger partial charge in [-0.15, -0.1) is 0 Å². The van der Waals surface area contributed by atoms with E-state index in [0.717, 1.165) is 11.1 Å². The zero-order chi connectivity index (χ0) is 24.3. The summed E-state index contributed by atoms with van der Waals surface area (Å²) in [5, 5.41) is 12.8. The lowest BCUT2D eigenvalue weighted by atomic mass is 10.1. The Hall–Kier alpha value is -4.34. The van der Waals surface area contributed by atoms with E-state index in [1.165, 1.54) is 25.3 Å². The fraction of sp³-hybridized carbons (Fsp3) is 0.0741. The summed E-state index contributed by atoms with van der Waals surface area (Å²) in [6, 6.07) is 23.0. The van der Waals surface area contributed by atoms with Crippen molar-refractivity contribution in [2.24, 2.45) is 0 Å². The minimum atomic E-state index is -0.588. The third kappa shape index (κ3) is 7.09. The molecule has 0 radical (unpaired) electrons. The zero-order valence-corrected chi connectivity index (χ0v) is 19.1. The molecular formula is C27H21ClN2O4. The number of nitrogens with zero attached hydrogens (tertiary/aromatic N) is 1. The molecule has 1 amide bonds. The Morgan fingerprint density at radius 2 is 1.71 bits per heavy atom. The Balaban J connectivity index is 1.68. The van der Waals surface area contributed by atoms with Crippen molar-refractivity contribution in [3.05, 3.63) is 106 Å². The van der Waals surface area contributed by atoms with Crippen LogP contribution in [-0.2, 0) is 16.1 Å². The number of ether oxygens (including phenoxy) is 2. The smallest absolute Gasteiger partial charge is 0.336 e. The average molecular weight is 473 g/mol. The lowest BCUT2D eigenvalue weighted by Crippen LogP contribution is -2.23. The van der Waals surface area contributed by atoms with Crippen molar-refractivity contribution < 1.29 is 19.1 Å². The summed E-state index contributed by atoms with van der Waals surface area (Å²) in [7, 11) is 1.43. The van der Waals surface area contributed by atoms with Crippen LogP contribution in [0.1, 0.15) is 16.7 Å². The molecule has 0 saturated heterocycles. The van der Waals surface area contributed by atoms with Gasteiger partial charge in [0.2, 0.25) is 0 Å². The van der Waals surface area contributed by atoms with Crippen LogP contribution in [0.15, 0.2) is 84.4 Å². The van der Waals surface area contributed by atoms with E-state index >= 15 is 0 Å². The van der Waals surface area contributed by atoms with E-state index in [2.05, 4.69) is 5.32 Å². The first-order valence-electron chi connectivity index (χ1n) is 10.3. The number of carbonyl (C=O) groups excluding carboxylic acids is 2. The number of carbonyl (C=O) groups is 2. The quantitative estimate of drug-likeness (QED) is 0.211. The minimum Gasteiger partial charge on any atom is -0.493 e. The van der Waals surface area contributed by atoms with Crippen LogP contribution in [0.2, 0.25) is 5.02 Å². The summed E-state index contributed by atoms with van der Waals surface area (Å²) in [6.07, 6.45) is 4.34. The van der Waals surface area contributed by atoms with Crippen LogP contribution < -0.4 is 14.8 Å². The van der Waals surface area contributed by atoms with Crippen molar-refractivity contribution in [2.75, 3.05) is 7.11 Å². The van der Waals surface area contributed by atoms with E-state index in [9.17, 15) is 14.9 Å². The van der Waals surface area contributed by atoms with Crippen molar-refractivity contribution in [1.29, 1.82) is 5.26 Å². The largest absolute Gasteiger partial charge is 0.493 e. The highest BCUT2D eigenvalue weighted by molar-refractivity contribution is 6.30. The topological polar surface area (TPSA) is 88.4 Å². The van der Waals surface area contributed by atoms with Gasteiger partial charge in [-0.2, -0.15) is 5.26 Å². The van der Waals surface area contributed by atoms with E-state index in [0.29, 0.717) is 17.1 Å². The Labute approximate surface area is 202 Å². The Morgan fingerprint density at radius 1 is 1.00 bits per heavy atom. The highest BCUT2D eigenvalue weighted by atomic mass is 35.5. The fourth-order valence-electron chi connectivity index (χ4n) is 2.93. The summed E-state index contributed by atoms with van der Waals surface area (Å²) in [5.74, 6) is -0.593. The van der Waals surface area contributed by atoms with Crippen molar-refractivity contribution in [3.63, 3.8) is 0 Å². The Kier molecular flexibility index (Phi) is 8.61. The molecule has 0 aliphatic heterocycles. The molecule has 3 aromatic rings. The average Bonchev–Trinajstić information content (AvgIpc) is 2.86. The van der Waals surface area contributed by atoms with Gasteiger partial charge in [-0.1, -0.05) is 60.1 Å². The predicted octanol–water partition coefficient (Wildman–Crippen LogP) is 5.19. The molecule has 0 bridgehead atoms. The van der Waals surface area contributed by atoms with Gasteiger partial charge in [-0.25, -0.2) is 4.79 Å². The van der Waals surface area contributed by atoms with Crippen LogP contribution in [0.3, 0.4) is 0 Å². The number of hydrogen-bond acceptors (Lipinski definition) is 5. The fourth-order valence-corrected chi connectivity index (χ4v) is 3.05. The lowest BCUT2D eigenvalue weighted by molar-refractivity contribution is -0.129. The first-order chi connectivity index (χ1) is 16.5. The molecule has 0 unspecified atom stereocenters. The molecule has 34 heavy (non-hydrogen) atoms. The van der Waals surface area contributed by atoms with Gasteiger partial charge >= 0.3 is 5.97 Å². The molecule has 3 aromatic carbocycles. The molecule has 0 atom stereocenters. The van der Waals surface area contributed by atoms with Crippen molar-refractivity contribution in [1.82, 2.24) is 5.32 Å². The number of nitriles is 1. The summed E-state index contributed by atoms with van der Waals surface area (Å²) >= 11 is 5.85. The third-order valence-electron chi connectivity index (χ3n) is 4.65. The number of amides is 1. The van der Waals surface area contributed by atoms with Crippen molar-refractivity contribution in [3.8, 4) is 17.6 Å². The molecule has 0 heterocycles. The Morgan fingerprint density at radius 3 is 2.38 bits per heavy atom. The molecule has 1 N–H and O–H groups in total. The Bertz CT molecular complexity index is 1260. The van der Waals surface area contributed by atoms with E-state index in [1.807, 2.05) is 36.4 Å². The second-order valence-electron chi connectivity index (χ2n) is 7.05. The SMILES string of the molecule is COc1cc(C=C(C#N)C(=O)NCc2ccccc2)ccc1OC(=O)C=Cc1ccc(Cl)cc1. The lowest BCUT2D eigenvalue weighted by Gasteiger charge is -2.09. The van der Waals surface area contributed by atoms with Gasteiger partial charge in [-0.3, -0.25) is 4.79 Å². The normalized spacial score (nSPS) is 11.0. The monoisotopic (exact) mass is 472 g/mol. The summed E-state index contributed by atoms with van der Waals surface area (Å²) < 4.78 is 10.7. The molecule has 0 saturated carbocycles. The number of benzene rings is 3. The number of hydrogen-bond donors (Lipinski definition) is 1. The minimum absolute atomic E-state index is 0.0615. The molecule has 3 rings (SSSR count). The molecule has 0 aromatic heterocycles.